The largest absolute Gasteiger partial charge is 0.481 e. The fourth-order valence-corrected chi connectivity index (χ4v) is 1.40. The van der Waals surface area contributed by atoms with Gasteiger partial charge < -0.3 is 34.6 Å². The first-order chi connectivity index (χ1) is 10.6. The van der Waals surface area contributed by atoms with E-state index in [1.54, 1.807) is 13.8 Å². The van der Waals surface area contributed by atoms with Crippen LogP contribution in [0, 0.1) is 0 Å². The number of esters is 1. The number of carboxylic acids is 1. The van der Waals surface area contributed by atoms with Crippen LogP contribution in [0.2, 0.25) is 0 Å². The maximum Gasteiger partial charge on any atom is 0.306 e. The van der Waals surface area contributed by atoms with E-state index in [2.05, 4.69) is 0 Å². The Bertz CT molecular complexity index is 358. The van der Waals surface area contributed by atoms with Crippen molar-refractivity contribution < 1.29 is 44.2 Å². The van der Waals surface area contributed by atoms with Gasteiger partial charge in [0.15, 0.2) is 6.29 Å². The van der Waals surface area contributed by atoms with Crippen LogP contribution in [0.25, 0.3) is 0 Å². The van der Waals surface area contributed by atoms with E-state index >= 15 is 0 Å². The fraction of sp³-hybridized carbons (Fsp3) is 0.857. The average molecular weight is 338 g/mol. The third kappa shape index (κ3) is 11.0. The third-order valence-corrected chi connectivity index (χ3v) is 2.96. The number of aliphatic hydroxyl groups excluding tert-OH is 3. The molecule has 0 spiro atoms. The van der Waals surface area contributed by atoms with Crippen LogP contribution in [0.1, 0.15) is 33.6 Å². The summed E-state index contributed by atoms with van der Waals surface area (Å²) in [5, 5.41) is 36.7. The summed E-state index contributed by atoms with van der Waals surface area (Å²) in [4.78, 5) is 21.5. The molecule has 0 aromatic heterocycles. The number of carbonyl (C=O) groups is 2. The summed E-state index contributed by atoms with van der Waals surface area (Å²) in [6, 6.07) is 0. The third-order valence-electron chi connectivity index (χ3n) is 2.96. The van der Waals surface area contributed by atoms with Gasteiger partial charge in [-0.05, 0) is 20.8 Å². The van der Waals surface area contributed by atoms with E-state index in [1.165, 1.54) is 6.92 Å². The highest BCUT2D eigenvalue weighted by molar-refractivity contribution is 5.76. The molecule has 4 N–H and O–H groups in total. The van der Waals surface area contributed by atoms with Gasteiger partial charge in [-0.1, -0.05) is 0 Å². The van der Waals surface area contributed by atoms with Crippen molar-refractivity contribution >= 4 is 11.9 Å². The molecular weight excluding hydrogens is 312 g/mol. The molecule has 136 valence electrons. The number of hydrogen-bond acceptors (Lipinski definition) is 8. The lowest BCUT2D eigenvalue weighted by Crippen LogP contribution is -2.36. The Kier molecular flexibility index (Phi) is 10.7. The molecule has 0 aliphatic carbocycles. The lowest BCUT2D eigenvalue weighted by atomic mass is 10.2. The maximum atomic E-state index is 11.2. The van der Waals surface area contributed by atoms with E-state index in [-0.39, 0.29) is 26.1 Å². The Hall–Kier alpha value is -1.26. The number of aliphatic carboxylic acids is 1. The van der Waals surface area contributed by atoms with Gasteiger partial charge in [0.2, 0.25) is 0 Å². The second-order valence-electron chi connectivity index (χ2n) is 5.19. The van der Waals surface area contributed by atoms with Crippen LogP contribution in [-0.4, -0.2) is 76.3 Å². The Balaban J connectivity index is 3.98. The maximum absolute atomic E-state index is 11.2. The van der Waals surface area contributed by atoms with Gasteiger partial charge in [0.05, 0.1) is 31.7 Å². The van der Waals surface area contributed by atoms with Crippen molar-refractivity contribution in [2.24, 2.45) is 0 Å². The predicted octanol–water partition coefficient (Wildman–Crippen LogP) is -0.735. The van der Waals surface area contributed by atoms with Crippen LogP contribution < -0.4 is 0 Å². The smallest absolute Gasteiger partial charge is 0.306 e. The standard InChI is InChI=1S/C14H26O9/c1-8(15)11(16)6-21-10(3)23-9(2)12(17)7-22-14(20)5-4-13(18)19/h8-12,15-17H,4-7H2,1-3H3,(H,18,19)/t8?,9?,10?,11-,12-/m0/s1. The Labute approximate surface area is 134 Å². The molecule has 23 heavy (non-hydrogen) atoms. The van der Waals surface area contributed by atoms with Crippen molar-refractivity contribution in [1.29, 1.82) is 0 Å². The van der Waals surface area contributed by atoms with Crippen molar-refractivity contribution in [3.63, 3.8) is 0 Å². The summed E-state index contributed by atoms with van der Waals surface area (Å²) >= 11 is 0. The number of carboxylic acid groups (broad SMARTS) is 1. The number of carbonyl (C=O) groups excluding carboxylic acids is 1. The number of ether oxygens (including phenoxy) is 3. The molecule has 0 saturated carbocycles. The van der Waals surface area contributed by atoms with Gasteiger partial charge in [-0.25, -0.2) is 0 Å². The number of rotatable bonds is 12. The molecule has 9 heteroatoms. The Morgan fingerprint density at radius 1 is 0.957 bits per heavy atom. The minimum Gasteiger partial charge on any atom is -0.481 e. The van der Waals surface area contributed by atoms with Crippen LogP contribution in [0.4, 0.5) is 0 Å². The average Bonchev–Trinajstić information content (AvgIpc) is 2.47. The lowest BCUT2D eigenvalue weighted by Gasteiger charge is -2.24. The van der Waals surface area contributed by atoms with Gasteiger partial charge in [0.25, 0.3) is 0 Å². The van der Waals surface area contributed by atoms with Crippen molar-refractivity contribution in [2.45, 2.75) is 64.3 Å². The molecule has 0 heterocycles. The van der Waals surface area contributed by atoms with E-state index in [0.29, 0.717) is 0 Å². The second-order valence-corrected chi connectivity index (χ2v) is 5.19. The SMILES string of the molecule is CC(OC[C@H](O)C(C)O)OC(C)[C@@H](O)COC(=O)CCC(=O)O. The van der Waals surface area contributed by atoms with Crippen molar-refractivity contribution in [2.75, 3.05) is 13.2 Å². The summed E-state index contributed by atoms with van der Waals surface area (Å²) in [5.74, 6) is -1.83. The van der Waals surface area contributed by atoms with Crippen molar-refractivity contribution in [1.82, 2.24) is 0 Å². The van der Waals surface area contributed by atoms with Crippen LogP contribution >= 0.6 is 0 Å². The number of hydrogen-bond donors (Lipinski definition) is 4. The molecule has 0 rings (SSSR count). The van der Waals surface area contributed by atoms with Crippen LogP contribution in [0.3, 0.4) is 0 Å². The van der Waals surface area contributed by atoms with E-state index in [9.17, 15) is 19.8 Å². The fourth-order valence-electron chi connectivity index (χ4n) is 1.40. The highest BCUT2D eigenvalue weighted by Crippen LogP contribution is 2.07. The Morgan fingerprint density at radius 2 is 1.57 bits per heavy atom. The van der Waals surface area contributed by atoms with Gasteiger partial charge in [-0.15, -0.1) is 0 Å². The molecule has 0 amide bonds. The molecule has 0 aliphatic rings. The highest BCUT2D eigenvalue weighted by Gasteiger charge is 2.21. The molecule has 9 nitrogen and oxygen atoms in total. The molecule has 0 saturated heterocycles. The van der Waals surface area contributed by atoms with Gasteiger partial charge in [-0.2, -0.15) is 0 Å². The van der Waals surface area contributed by atoms with E-state index in [4.69, 9.17) is 24.4 Å². The normalized spacial score (nSPS) is 17.8. The molecular formula is C14H26O9. The van der Waals surface area contributed by atoms with E-state index in [1.807, 2.05) is 0 Å². The van der Waals surface area contributed by atoms with Gasteiger partial charge in [-0.3, -0.25) is 9.59 Å². The topological polar surface area (TPSA) is 143 Å². The van der Waals surface area contributed by atoms with Crippen LogP contribution in [-0.2, 0) is 23.8 Å². The lowest BCUT2D eigenvalue weighted by molar-refractivity contribution is -0.198. The summed E-state index contributed by atoms with van der Waals surface area (Å²) < 4.78 is 15.2. The minimum absolute atomic E-state index is 0.133. The molecule has 0 aromatic rings. The van der Waals surface area contributed by atoms with Gasteiger partial charge in [0, 0.05) is 0 Å². The molecule has 3 unspecified atom stereocenters. The summed E-state index contributed by atoms with van der Waals surface area (Å²) in [7, 11) is 0. The van der Waals surface area contributed by atoms with Crippen molar-refractivity contribution in [3.8, 4) is 0 Å². The zero-order valence-corrected chi connectivity index (χ0v) is 13.5. The quantitative estimate of drug-likeness (QED) is 0.267. The first-order valence-corrected chi connectivity index (χ1v) is 7.32. The van der Waals surface area contributed by atoms with Gasteiger partial charge in [0.1, 0.15) is 18.8 Å². The first-order valence-electron chi connectivity index (χ1n) is 7.32. The zero-order chi connectivity index (χ0) is 18.0. The Morgan fingerprint density at radius 3 is 2.09 bits per heavy atom. The van der Waals surface area contributed by atoms with Crippen LogP contribution in [0.5, 0.6) is 0 Å². The monoisotopic (exact) mass is 338 g/mol. The van der Waals surface area contributed by atoms with Crippen molar-refractivity contribution in [3.05, 3.63) is 0 Å². The molecule has 0 fully saturated rings. The van der Waals surface area contributed by atoms with E-state index < -0.39 is 42.6 Å². The summed E-state index contributed by atoms with van der Waals surface area (Å²) in [6.07, 6.45) is -5.17. The molecule has 5 atom stereocenters. The highest BCUT2D eigenvalue weighted by atomic mass is 16.7. The summed E-state index contributed by atoms with van der Waals surface area (Å²) in [5.41, 5.74) is 0. The number of aliphatic hydroxyl groups is 3. The van der Waals surface area contributed by atoms with Gasteiger partial charge >= 0.3 is 11.9 Å². The first kappa shape index (κ1) is 21.7. The minimum atomic E-state index is -1.11. The molecule has 0 aromatic carbocycles. The molecule has 0 radical (unpaired) electrons. The summed E-state index contributed by atoms with van der Waals surface area (Å²) in [6.45, 7) is 4.05. The van der Waals surface area contributed by atoms with E-state index in [0.717, 1.165) is 0 Å². The molecule has 0 aliphatic heterocycles. The zero-order valence-electron chi connectivity index (χ0n) is 13.5. The van der Waals surface area contributed by atoms with Crippen LogP contribution in [0.15, 0.2) is 0 Å². The second kappa shape index (κ2) is 11.3. The predicted molar refractivity (Wildman–Crippen MR) is 77.5 cm³/mol. The molecule has 0 bridgehead atoms.